The van der Waals surface area contributed by atoms with E-state index in [1.54, 1.807) is 18.2 Å². The van der Waals surface area contributed by atoms with Crippen molar-refractivity contribution in [3.8, 4) is 12.3 Å². The van der Waals surface area contributed by atoms with E-state index in [9.17, 15) is 29.7 Å². The van der Waals surface area contributed by atoms with Gasteiger partial charge in [0.15, 0.2) is 6.29 Å². The van der Waals surface area contributed by atoms with E-state index in [1.165, 1.54) is 22.3 Å². The summed E-state index contributed by atoms with van der Waals surface area (Å²) in [5.74, 6) is 0.788. The van der Waals surface area contributed by atoms with E-state index in [0.29, 0.717) is 91.8 Å². The fourth-order valence-corrected chi connectivity index (χ4v) is 8.27. The van der Waals surface area contributed by atoms with Crippen LogP contribution in [0.25, 0.3) is 44.4 Å². The number of aryl methyl sites for hydroxylation is 3. The first-order valence-corrected chi connectivity index (χ1v) is 22.2. The van der Waals surface area contributed by atoms with Crippen LogP contribution in [-0.2, 0) is 37.9 Å². The molecular weight excluding hydrogens is 856 g/mol. The number of hydrogen-bond acceptors (Lipinski definition) is 6. The molecule has 11 heteroatoms. The number of carbonyl (C=O) groups excluding carboxylic acids is 1. The standard InChI is InChI=1S/C54H64N4O6.Fe/c1-10-39-36(7)44-29-50-54(51(60)22-14-21-35(6)20-13-19-34(5)18-12-17-33(4)16-11-15-32(2)3)38(9)45(57-50)28-49-42(31-59)41(24-26-53(63)64)48(58-49)30-47-40(23-25-52(61)62)37(8)43(56-47)27-46(39)55-44;/h1,15,17,19,21,27-31,51,60H,11-14,16,18,20,22-26H2,2-9H3,(H4,55,56,57,58,59,61,62,63,64);/q;+2/p-2/b33-17+,34-19+,35-21+,43-27?,44-29?,45-28?,46-27?,47-30?,48-30?,49-28?,50-29?;/t51-;/m0./s1. The maximum atomic E-state index is 12.8. The quantitative estimate of drug-likeness (QED) is 0.0430. The van der Waals surface area contributed by atoms with Gasteiger partial charge in [-0.15, -0.1) is 28.5 Å². The number of nitrogens with zero attached hydrogens (tertiary/aromatic N) is 4. The van der Waals surface area contributed by atoms with Crippen molar-refractivity contribution in [1.29, 1.82) is 0 Å². The van der Waals surface area contributed by atoms with Gasteiger partial charge in [-0.1, -0.05) is 87.4 Å². The van der Waals surface area contributed by atoms with Gasteiger partial charge in [0, 0.05) is 18.4 Å². The first-order chi connectivity index (χ1) is 30.5. The number of allylic oxidation sites excluding steroid dienone is 12. The number of hydrogen-bond donors (Lipinski definition) is 3. The number of rotatable bonds is 20. The molecule has 0 radical (unpaired) electrons. The van der Waals surface area contributed by atoms with Crippen LogP contribution in [0, 0.1) is 26.2 Å². The zero-order valence-electron chi connectivity index (χ0n) is 39.0. The fraction of sp³-hybridized carbons (Fsp3) is 0.389. The molecule has 3 aromatic rings. The van der Waals surface area contributed by atoms with Crippen molar-refractivity contribution in [1.82, 2.24) is 19.9 Å². The molecule has 0 spiro atoms. The summed E-state index contributed by atoms with van der Waals surface area (Å²) in [5, 5.41) is 31.1. The van der Waals surface area contributed by atoms with Crippen LogP contribution < -0.4 is 9.97 Å². The van der Waals surface area contributed by atoms with E-state index in [4.69, 9.17) is 26.4 Å². The molecule has 2 aliphatic heterocycles. The molecule has 0 aliphatic carbocycles. The summed E-state index contributed by atoms with van der Waals surface area (Å²) < 4.78 is 0. The van der Waals surface area contributed by atoms with Gasteiger partial charge in [-0.25, -0.2) is 9.97 Å². The Balaban J connectivity index is 0.00000925. The van der Waals surface area contributed by atoms with E-state index < -0.39 is 18.0 Å². The molecule has 10 nitrogen and oxygen atoms in total. The van der Waals surface area contributed by atoms with Gasteiger partial charge in [-0.3, -0.25) is 14.4 Å². The summed E-state index contributed by atoms with van der Waals surface area (Å²) in [5.41, 5.74) is 14.0. The second-order valence-electron chi connectivity index (χ2n) is 17.3. The molecule has 0 saturated heterocycles. The summed E-state index contributed by atoms with van der Waals surface area (Å²) in [6.07, 6.45) is 22.2. The Kier molecular flexibility index (Phi) is 19.1. The van der Waals surface area contributed by atoms with Gasteiger partial charge in [0.25, 0.3) is 0 Å². The molecule has 2 aliphatic rings. The van der Waals surface area contributed by atoms with Crippen molar-refractivity contribution >= 4 is 62.6 Å². The number of aliphatic carboxylic acids is 2. The van der Waals surface area contributed by atoms with Crippen molar-refractivity contribution in [2.45, 2.75) is 139 Å². The van der Waals surface area contributed by atoms with Gasteiger partial charge < -0.3 is 25.3 Å². The third-order valence-electron chi connectivity index (χ3n) is 12.1. The smallest absolute Gasteiger partial charge is 0.657 e. The summed E-state index contributed by atoms with van der Waals surface area (Å²) in [6, 6.07) is 6.99. The number of aliphatic hydroxyl groups is 1. The maximum Gasteiger partial charge on any atom is 2.00 e. The Bertz CT molecular complexity index is 2710. The van der Waals surface area contributed by atoms with E-state index in [1.807, 2.05) is 26.8 Å². The maximum absolute atomic E-state index is 12.8. The van der Waals surface area contributed by atoms with Crippen molar-refractivity contribution in [2.24, 2.45) is 0 Å². The first-order valence-electron chi connectivity index (χ1n) is 22.2. The van der Waals surface area contributed by atoms with Crippen LogP contribution in [0.4, 0.5) is 0 Å². The zero-order chi connectivity index (χ0) is 46.7. The van der Waals surface area contributed by atoms with Crippen LogP contribution in [0.1, 0.15) is 163 Å². The molecule has 5 rings (SSSR count). The molecule has 0 amide bonds. The van der Waals surface area contributed by atoms with E-state index in [0.717, 1.165) is 49.7 Å². The average molecular weight is 919 g/mol. The zero-order valence-corrected chi connectivity index (χ0v) is 40.1. The van der Waals surface area contributed by atoms with Gasteiger partial charge in [0.2, 0.25) is 0 Å². The molecule has 1 atom stereocenters. The summed E-state index contributed by atoms with van der Waals surface area (Å²) >= 11 is 0. The number of carboxylic acid groups (broad SMARTS) is 2. The van der Waals surface area contributed by atoms with E-state index in [-0.39, 0.29) is 48.3 Å². The van der Waals surface area contributed by atoms with Crippen LogP contribution in [-0.4, -0.2) is 43.5 Å². The van der Waals surface area contributed by atoms with Crippen molar-refractivity contribution in [3.05, 3.63) is 116 Å². The monoisotopic (exact) mass is 918 g/mol. The predicted molar refractivity (Wildman–Crippen MR) is 258 cm³/mol. The van der Waals surface area contributed by atoms with Gasteiger partial charge in [-0.05, 0) is 142 Å². The number of fused-ring (bicyclic) bond motifs is 8. The first kappa shape index (κ1) is 51.8. The molecule has 0 fully saturated rings. The second-order valence-corrected chi connectivity index (χ2v) is 17.3. The number of aromatic nitrogens is 4. The topological polar surface area (TPSA) is 166 Å². The minimum absolute atomic E-state index is 0. The van der Waals surface area contributed by atoms with Gasteiger partial charge in [0.05, 0.1) is 34.5 Å². The minimum atomic E-state index is -1.03. The molecule has 65 heavy (non-hydrogen) atoms. The van der Waals surface area contributed by atoms with Crippen LogP contribution in [0.2, 0.25) is 0 Å². The Labute approximate surface area is 394 Å². The molecular formula is C54H62FeN4O6. The number of aliphatic hydroxyl groups excluding tert-OH is 1. The Morgan fingerprint density at radius 1 is 0.677 bits per heavy atom. The molecule has 5 heterocycles. The minimum Gasteiger partial charge on any atom is -0.657 e. The summed E-state index contributed by atoms with van der Waals surface area (Å²) in [7, 11) is 0. The average Bonchev–Trinajstić information content (AvgIpc) is 3.91. The normalized spacial score (nSPS) is 13.7. The van der Waals surface area contributed by atoms with Crippen LogP contribution in [0.15, 0.2) is 70.9 Å². The second kappa shape index (κ2) is 23.9. The largest absolute Gasteiger partial charge is 2.00 e. The fourth-order valence-electron chi connectivity index (χ4n) is 8.27. The van der Waals surface area contributed by atoms with Crippen molar-refractivity contribution in [2.75, 3.05) is 0 Å². The van der Waals surface area contributed by atoms with Crippen LogP contribution in [0.3, 0.4) is 0 Å². The van der Waals surface area contributed by atoms with Crippen LogP contribution in [0.5, 0.6) is 0 Å². The Hall–Kier alpha value is -5.79. The van der Waals surface area contributed by atoms with Gasteiger partial charge in [0.1, 0.15) is 0 Å². The Morgan fingerprint density at radius 3 is 1.77 bits per heavy atom. The molecule has 8 bridgehead atoms. The third-order valence-corrected chi connectivity index (χ3v) is 12.1. The van der Waals surface area contributed by atoms with Crippen molar-refractivity contribution < 1.29 is 46.8 Å². The predicted octanol–water partition coefficient (Wildman–Crippen LogP) is 11.7. The third kappa shape index (κ3) is 13.6. The van der Waals surface area contributed by atoms with Crippen LogP contribution >= 0.6 is 0 Å². The SMILES string of the molecule is C#CC1=C(C)c2cc3[n-]c(cc4nc(cc5[n-]c(cc1n2)c(C)c5CCC(=O)O)C(CCC(=O)O)=C4C=O)c(C)c3[C@@H](O)CC/C=C(\C)CC/C=C(\C)CC/C=C(\C)CCC=C(C)C.[Fe+2]. The van der Waals surface area contributed by atoms with E-state index >= 15 is 0 Å². The van der Waals surface area contributed by atoms with Gasteiger partial charge in [-0.2, -0.15) is 0 Å². The Morgan fingerprint density at radius 2 is 1.18 bits per heavy atom. The number of carbonyl (C=O) groups is 3. The number of aldehydes is 1. The number of carboxylic acids is 2. The molecule has 3 N–H and O–H groups in total. The summed E-state index contributed by atoms with van der Waals surface area (Å²) in [6.45, 7) is 16.5. The molecule has 3 aromatic heterocycles. The van der Waals surface area contributed by atoms with E-state index in [2.05, 4.69) is 64.8 Å². The van der Waals surface area contributed by atoms with Gasteiger partial charge >= 0.3 is 29.0 Å². The molecule has 0 unspecified atom stereocenters. The van der Waals surface area contributed by atoms with Crippen molar-refractivity contribution in [3.63, 3.8) is 0 Å². The molecule has 0 aromatic carbocycles. The number of terminal acetylenes is 1. The summed E-state index contributed by atoms with van der Waals surface area (Å²) in [4.78, 5) is 56.0. The molecule has 0 saturated carbocycles. The molecule has 342 valence electrons.